The second-order valence-electron chi connectivity index (χ2n) is 5.95. The summed E-state index contributed by atoms with van der Waals surface area (Å²) in [6, 6.07) is 4.96. The Bertz CT molecular complexity index is 440. The molecule has 1 saturated heterocycles. The van der Waals surface area contributed by atoms with E-state index in [-0.39, 0.29) is 36.6 Å². The molecule has 1 aliphatic heterocycles. The van der Waals surface area contributed by atoms with Crippen molar-refractivity contribution in [2.24, 2.45) is 5.92 Å². The quantitative estimate of drug-likeness (QED) is 0.846. The first-order valence-corrected chi connectivity index (χ1v) is 7.51. The van der Waals surface area contributed by atoms with Gasteiger partial charge in [0.25, 0.3) is 0 Å². The highest BCUT2D eigenvalue weighted by Gasteiger charge is 2.25. The smallest absolute Gasteiger partial charge is 0.165 e. The van der Waals surface area contributed by atoms with Gasteiger partial charge in [-0.3, -0.25) is 4.90 Å². The number of hydrogen-bond acceptors (Lipinski definition) is 3. The van der Waals surface area contributed by atoms with Crippen LogP contribution >= 0.6 is 24.8 Å². The SMILES string of the molecule is CC(C)CC[C@H](c1cccc(F)c1O)N1CCNCC1.Cl.Cl. The Balaban J connectivity index is 0.00000220. The van der Waals surface area contributed by atoms with Gasteiger partial charge in [-0.15, -0.1) is 24.8 Å². The number of para-hydroxylation sites is 1. The summed E-state index contributed by atoms with van der Waals surface area (Å²) in [6.07, 6.45) is 2.03. The fourth-order valence-electron chi connectivity index (χ4n) is 2.82. The molecule has 1 aromatic rings. The van der Waals surface area contributed by atoms with Crippen molar-refractivity contribution >= 4 is 24.8 Å². The van der Waals surface area contributed by atoms with Gasteiger partial charge in [0.05, 0.1) is 0 Å². The third-order valence-corrected chi connectivity index (χ3v) is 3.99. The summed E-state index contributed by atoms with van der Waals surface area (Å²) in [5.41, 5.74) is 0.729. The molecule has 2 N–H and O–H groups in total. The predicted octanol–water partition coefficient (Wildman–Crippen LogP) is 3.76. The van der Waals surface area contributed by atoms with Gasteiger partial charge in [-0.25, -0.2) is 4.39 Å². The van der Waals surface area contributed by atoms with E-state index in [4.69, 9.17) is 0 Å². The Kier molecular flexibility index (Phi) is 10.0. The molecule has 0 bridgehead atoms. The van der Waals surface area contributed by atoms with Crippen molar-refractivity contribution in [2.75, 3.05) is 26.2 Å². The van der Waals surface area contributed by atoms with Crippen LogP contribution in [0.15, 0.2) is 18.2 Å². The molecule has 3 nitrogen and oxygen atoms in total. The molecular weight excluding hydrogens is 326 g/mol. The van der Waals surface area contributed by atoms with E-state index in [9.17, 15) is 9.50 Å². The van der Waals surface area contributed by atoms with Crippen LogP contribution in [-0.2, 0) is 0 Å². The average molecular weight is 353 g/mol. The topological polar surface area (TPSA) is 35.5 Å². The first kappa shape index (κ1) is 21.4. The van der Waals surface area contributed by atoms with E-state index in [0.717, 1.165) is 44.6 Å². The number of aromatic hydroxyl groups is 1. The normalized spacial score (nSPS) is 16.7. The van der Waals surface area contributed by atoms with E-state index in [0.29, 0.717) is 5.92 Å². The Labute approximate surface area is 145 Å². The zero-order valence-corrected chi connectivity index (χ0v) is 14.9. The first-order chi connectivity index (χ1) is 9.59. The van der Waals surface area contributed by atoms with Crippen molar-refractivity contribution in [3.63, 3.8) is 0 Å². The highest BCUT2D eigenvalue weighted by molar-refractivity contribution is 5.85. The van der Waals surface area contributed by atoms with Crippen LogP contribution in [0.2, 0.25) is 0 Å². The van der Waals surface area contributed by atoms with Crippen LogP contribution in [0.4, 0.5) is 4.39 Å². The summed E-state index contributed by atoms with van der Waals surface area (Å²) in [5.74, 6) is -0.0944. The standard InChI is InChI=1S/C16H25FN2O.2ClH/c1-12(2)6-7-15(19-10-8-18-9-11-19)13-4-3-5-14(17)16(13)20;;/h3-5,12,15,18,20H,6-11H2,1-2H3;2*1H/t15-;;/m1../s1. The molecule has 0 aliphatic carbocycles. The van der Waals surface area contributed by atoms with E-state index >= 15 is 0 Å². The molecule has 0 radical (unpaired) electrons. The van der Waals surface area contributed by atoms with Gasteiger partial charge < -0.3 is 10.4 Å². The maximum atomic E-state index is 13.6. The van der Waals surface area contributed by atoms with E-state index in [2.05, 4.69) is 24.1 Å². The van der Waals surface area contributed by atoms with Crippen LogP contribution in [0, 0.1) is 11.7 Å². The van der Waals surface area contributed by atoms with Crippen LogP contribution in [0.25, 0.3) is 0 Å². The second-order valence-corrected chi connectivity index (χ2v) is 5.95. The molecule has 6 heteroatoms. The Morgan fingerprint density at radius 3 is 2.41 bits per heavy atom. The van der Waals surface area contributed by atoms with Gasteiger partial charge >= 0.3 is 0 Å². The van der Waals surface area contributed by atoms with Gasteiger partial charge in [0.2, 0.25) is 0 Å². The van der Waals surface area contributed by atoms with Gasteiger partial charge in [0, 0.05) is 37.8 Å². The maximum Gasteiger partial charge on any atom is 0.165 e. The summed E-state index contributed by atoms with van der Waals surface area (Å²) in [5, 5.41) is 13.4. The van der Waals surface area contributed by atoms with Gasteiger partial charge in [0.1, 0.15) is 0 Å². The van der Waals surface area contributed by atoms with Crippen LogP contribution in [0.3, 0.4) is 0 Å². The molecule has 0 amide bonds. The lowest BCUT2D eigenvalue weighted by atomic mass is 9.95. The molecule has 1 heterocycles. The maximum absolute atomic E-state index is 13.6. The van der Waals surface area contributed by atoms with Crippen LogP contribution in [-0.4, -0.2) is 36.2 Å². The fraction of sp³-hybridized carbons (Fsp3) is 0.625. The molecule has 1 aliphatic rings. The number of piperazine rings is 1. The zero-order valence-electron chi connectivity index (χ0n) is 13.2. The zero-order chi connectivity index (χ0) is 14.5. The van der Waals surface area contributed by atoms with Crippen molar-refractivity contribution < 1.29 is 9.50 Å². The van der Waals surface area contributed by atoms with Gasteiger partial charge in [0.15, 0.2) is 11.6 Å². The summed E-state index contributed by atoms with van der Waals surface area (Å²) >= 11 is 0. The average Bonchev–Trinajstić information content (AvgIpc) is 2.44. The van der Waals surface area contributed by atoms with Crippen LogP contribution < -0.4 is 5.32 Å². The molecule has 0 saturated carbocycles. The third kappa shape index (κ3) is 5.58. The Morgan fingerprint density at radius 1 is 1.18 bits per heavy atom. The monoisotopic (exact) mass is 352 g/mol. The van der Waals surface area contributed by atoms with Crippen molar-refractivity contribution in [2.45, 2.75) is 32.7 Å². The molecule has 0 unspecified atom stereocenters. The fourth-order valence-corrected chi connectivity index (χ4v) is 2.82. The lowest BCUT2D eigenvalue weighted by molar-refractivity contribution is 0.156. The third-order valence-electron chi connectivity index (χ3n) is 3.99. The van der Waals surface area contributed by atoms with Gasteiger partial charge in [-0.1, -0.05) is 26.0 Å². The highest BCUT2D eigenvalue weighted by atomic mass is 35.5. The number of nitrogens with zero attached hydrogens (tertiary/aromatic N) is 1. The van der Waals surface area contributed by atoms with Crippen molar-refractivity contribution in [1.82, 2.24) is 10.2 Å². The number of halogens is 3. The van der Waals surface area contributed by atoms with Gasteiger partial charge in [-0.2, -0.15) is 0 Å². The molecule has 2 rings (SSSR count). The number of rotatable bonds is 5. The highest BCUT2D eigenvalue weighted by Crippen LogP contribution is 2.34. The van der Waals surface area contributed by atoms with Gasteiger partial charge in [-0.05, 0) is 24.8 Å². The largest absolute Gasteiger partial charge is 0.505 e. The summed E-state index contributed by atoms with van der Waals surface area (Å²) in [4.78, 5) is 2.35. The molecule has 0 aromatic heterocycles. The molecule has 1 atom stereocenters. The lowest BCUT2D eigenvalue weighted by Crippen LogP contribution is -2.45. The van der Waals surface area contributed by atoms with Crippen molar-refractivity contribution in [1.29, 1.82) is 0 Å². The molecule has 1 fully saturated rings. The number of benzene rings is 1. The van der Waals surface area contributed by atoms with Crippen LogP contribution in [0.1, 0.15) is 38.3 Å². The summed E-state index contributed by atoms with van der Waals surface area (Å²) in [6.45, 7) is 8.18. The lowest BCUT2D eigenvalue weighted by Gasteiger charge is -2.36. The number of nitrogens with one attached hydrogen (secondary N) is 1. The molecule has 0 spiro atoms. The van der Waals surface area contributed by atoms with E-state index in [1.165, 1.54) is 6.07 Å². The summed E-state index contributed by atoms with van der Waals surface area (Å²) < 4.78 is 13.6. The Morgan fingerprint density at radius 2 is 1.82 bits per heavy atom. The van der Waals surface area contributed by atoms with E-state index in [1.807, 2.05) is 6.07 Å². The van der Waals surface area contributed by atoms with E-state index in [1.54, 1.807) is 6.07 Å². The number of phenolic OH excluding ortho intramolecular Hbond substituents is 1. The van der Waals surface area contributed by atoms with Crippen LogP contribution in [0.5, 0.6) is 5.75 Å². The molecule has 22 heavy (non-hydrogen) atoms. The number of phenols is 1. The number of hydrogen-bond donors (Lipinski definition) is 2. The minimum Gasteiger partial charge on any atom is -0.505 e. The first-order valence-electron chi connectivity index (χ1n) is 7.51. The second kappa shape index (κ2) is 10.3. The van der Waals surface area contributed by atoms with Crippen molar-refractivity contribution in [3.05, 3.63) is 29.6 Å². The molecule has 1 aromatic carbocycles. The minimum atomic E-state index is -0.521. The summed E-state index contributed by atoms with van der Waals surface area (Å²) in [7, 11) is 0. The predicted molar refractivity (Wildman–Crippen MR) is 93.8 cm³/mol. The minimum absolute atomic E-state index is 0. The Hall–Kier alpha value is -0.550. The van der Waals surface area contributed by atoms with Crippen molar-refractivity contribution in [3.8, 4) is 5.75 Å². The molecule has 128 valence electrons. The van der Waals surface area contributed by atoms with E-state index < -0.39 is 5.82 Å². The molecular formula is C16H27Cl2FN2O.